The Morgan fingerprint density at radius 2 is 2.16 bits per heavy atom. The predicted molar refractivity (Wildman–Crippen MR) is 69.2 cm³/mol. The zero-order chi connectivity index (χ0) is 13.2. The molecule has 5 heteroatoms. The van der Waals surface area contributed by atoms with Crippen LogP contribution in [-0.4, -0.2) is 7.48 Å². The summed E-state index contributed by atoms with van der Waals surface area (Å²) in [5, 5.41) is 8.68. The lowest BCUT2D eigenvalue weighted by atomic mass is 9.87. The van der Waals surface area contributed by atoms with Gasteiger partial charge in [0.2, 0.25) is 0 Å². The van der Waals surface area contributed by atoms with E-state index in [2.05, 4.69) is 0 Å². The highest BCUT2D eigenvalue weighted by Gasteiger charge is 2.14. The molecule has 3 nitrogen and oxygen atoms in total. The normalized spacial score (nSPS) is 12.4. The first kappa shape index (κ1) is 11.8. The van der Waals surface area contributed by atoms with E-state index in [9.17, 15) is 4.39 Å². The number of benzene rings is 2. The van der Waals surface area contributed by atoms with E-state index in [1.54, 1.807) is 6.07 Å². The monoisotopic (exact) mass is 253 g/mol. The van der Waals surface area contributed by atoms with Gasteiger partial charge in [-0.3, -0.25) is 0 Å². The molecule has 2 aromatic carbocycles. The SMILES string of the molecule is N#Cc1ccc(Oc2ccc3c(c2)COB3)c(F)c1. The molecule has 0 amide bonds. The largest absolute Gasteiger partial charge is 0.454 e. The number of halogens is 1. The highest BCUT2D eigenvalue weighted by molar-refractivity contribution is 6.48. The van der Waals surface area contributed by atoms with E-state index in [4.69, 9.17) is 14.7 Å². The standard InChI is InChI=1S/C14H9BFNO2/c16-13-5-9(7-17)1-4-14(13)19-11-2-3-12-10(6-11)8-18-15-12/h1-6,15H,8H2. The fourth-order valence-electron chi connectivity index (χ4n) is 1.99. The summed E-state index contributed by atoms with van der Waals surface area (Å²) in [5.74, 6) is 0.126. The van der Waals surface area contributed by atoms with Crippen LogP contribution in [0.5, 0.6) is 11.5 Å². The number of nitriles is 1. The lowest BCUT2D eigenvalue weighted by Crippen LogP contribution is -2.10. The van der Waals surface area contributed by atoms with Crippen LogP contribution in [0.15, 0.2) is 36.4 Å². The Kier molecular flexibility index (Phi) is 2.94. The number of hydrogen-bond donors (Lipinski definition) is 0. The first-order chi connectivity index (χ1) is 9.26. The van der Waals surface area contributed by atoms with Crippen LogP contribution in [0.4, 0.5) is 4.39 Å². The second-order valence-electron chi connectivity index (χ2n) is 4.28. The van der Waals surface area contributed by atoms with E-state index < -0.39 is 5.82 Å². The van der Waals surface area contributed by atoms with Crippen LogP contribution >= 0.6 is 0 Å². The maximum Gasteiger partial charge on any atom is 0.309 e. The van der Waals surface area contributed by atoms with Gasteiger partial charge in [-0.25, -0.2) is 4.39 Å². The van der Waals surface area contributed by atoms with Crippen LogP contribution < -0.4 is 10.2 Å². The van der Waals surface area contributed by atoms with Crippen molar-refractivity contribution in [2.75, 3.05) is 0 Å². The maximum absolute atomic E-state index is 13.7. The molecular formula is C14H9BFNO2. The number of ether oxygens (including phenoxy) is 1. The molecule has 0 aromatic heterocycles. The predicted octanol–water partition coefficient (Wildman–Crippen LogP) is 2.00. The Morgan fingerprint density at radius 1 is 1.26 bits per heavy atom. The molecule has 0 aliphatic carbocycles. The molecule has 0 spiro atoms. The number of hydrogen-bond acceptors (Lipinski definition) is 3. The zero-order valence-electron chi connectivity index (χ0n) is 10.0. The summed E-state index contributed by atoms with van der Waals surface area (Å²) in [7, 11) is 0.612. The van der Waals surface area contributed by atoms with E-state index in [1.165, 1.54) is 12.1 Å². The number of rotatable bonds is 2. The van der Waals surface area contributed by atoms with Crippen molar-refractivity contribution in [2.45, 2.75) is 6.61 Å². The van der Waals surface area contributed by atoms with Gasteiger partial charge in [0.1, 0.15) is 5.75 Å². The van der Waals surface area contributed by atoms with Gasteiger partial charge in [-0.05, 0) is 41.4 Å². The molecule has 2 aromatic rings. The van der Waals surface area contributed by atoms with Crippen molar-refractivity contribution in [3.05, 3.63) is 53.3 Å². The van der Waals surface area contributed by atoms with Crippen LogP contribution in [0, 0.1) is 17.1 Å². The summed E-state index contributed by atoms with van der Waals surface area (Å²) >= 11 is 0. The van der Waals surface area contributed by atoms with E-state index in [0.29, 0.717) is 19.8 Å². The van der Waals surface area contributed by atoms with Crippen molar-refractivity contribution >= 4 is 12.9 Å². The third kappa shape index (κ3) is 2.31. The summed E-state index contributed by atoms with van der Waals surface area (Å²) in [6, 6.07) is 11.6. The minimum absolute atomic E-state index is 0.109. The number of nitrogens with zero attached hydrogens (tertiary/aromatic N) is 1. The molecule has 0 bridgehead atoms. The summed E-state index contributed by atoms with van der Waals surface area (Å²) in [4.78, 5) is 0. The molecule has 0 saturated heterocycles. The molecule has 0 unspecified atom stereocenters. The van der Waals surface area contributed by atoms with Gasteiger partial charge >= 0.3 is 7.48 Å². The minimum atomic E-state index is -0.546. The van der Waals surface area contributed by atoms with Gasteiger partial charge < -0.3 is 9.39 Å². The van der Waals surface area contributed by atoms with Gasteiger partial charge in [0, 0.05) is 0 Å². The minimum Gasteiger partial charge on any atom is -0.454 e. The van der Waals surface area contributed by atoms with Gasteiger partial charge in [0.15, 0.2) is 11.6 Å². The lowest BCUT2D eigenvalue weighted by Gasteiger charge is -2.08. The van der Waals surface area contributed by atoms with E-state index in [-0.39, 0.29) is 11.3 Å². The highest BCUT2D eigenvalue weighted by Crippen LogP contribution is 2.26. The molecule has 0 atom stereocenters. The highest BCUT2D eigenvalue weighted by atomic mass is 19.1. The molecule has 19 heavy (non-hydrogen) atoms. The van der Waals surface area contributed by atoms with E-state index in [1.807, 2.05) is 18.2 Å². The zero-order valence-corrected chi connectivity index (χ0v) is 10.0. The Hall–Kier alpha value is -2.32. The fraction of sp³-hybridized carbons (Fsp3) is 0.0714. The topological polar surface area (TPSA) is 42.2 Å². The summed E-state index contributed by atoms with van der Waals surface area (Å²) < 4.78 is 24.5. The van der Waals surface area contributed by atoms with Gasteiger partial charge in [0.05, 0.1) is 18.2 Å². The van der Waals surface area contributed by atoms with Crippen LogP contribution in [-0.2, 0) is 11.3 Å². The Labute approximate surface area is 110 Å². The van der Waals surface area contributed by atoms with Crippen molar-refractivity contribution < 1.29 is 13.8 Å². The number of fused-ring (bicyclic) bond motifs is 1. The van der Waals surface area contributed by atoms with Crippen molar-refractivity contribution in [1.82, 2.24) is 0 Å². The molecule has 1 aliphatic heterocycles. The smallest absolute Gasteiger partial charge is 0.309 e. The Balaban J connectivity index is 1.87. The molecule has 0 N–H and O–H groups in total. The average Bonchev–Trinajstić information content (AvgIpc) is 2.88. The van der Waals surface area contributed by atoms with Gasteiger partial charge in [0.25, 0.3) is 0 Å². The Morgan fingerprint density at radius 3 is 2.95 bits per heavy atom. The second kappa shape index (κ2) is 4.75. The molecule has 92 valence electrons. The fourth-order valence-corrected chi connectivity index (χ4v) is 1.99. The van der Waals surface area contributed by atoms with Crippen LogP contribution in [0.2, 0.25) is 0 Å². The summed E-state index contributed by atoms with van der Waals surface area (Å²) in [6.45, 7) is 0.558. The van der Waals surface area contributed by atoms with Crippen LogP contribution in [0.3, 0.4) is 0 Å². The van der Waals surface area contributed by atoms with Crippen LogP contribution in [0.1, 0.15) is 11.1 Å². The molecule has 0 fully saturated rings. The van der Waals surface area contributed by atoms with Gasteiger partial charge in [-0.2, -0.15) is 5.26 Å². The van der Waals surface area contributed by atoms with Crippen molar-refractivity contribution in [2.24, 2.45) is 0 Å². The summed E-state index contributed by atoms with van der Waals surface area (Å²) in [6.07, 6.45) is 0. The molecular weight excluding hydrogens is 244 g/mol. The lowest BCUT2D eigenvalue weighted by molar-refractivity contribution is 0.344. The third-order valence-corrected chi connectivity index (χ3v) is 2.98. The average molecular weight is 253 g/mol. The molecule has 0 radical (unpaired) electrons. The first-order valence-electron chi connectivity index (χ1n) is 5.83. The third-order valence-electron chi connectivity index (χ3n) is 2.98. The molecule has 1 aliphatic rings. The molecule has 0 saturated carbocycles. The second-order valence-corrected chi connectivity index (χ2v) is 4.28. The summed E-state index contributed by atoms with van der Waals surface area (Å²) in [5.41, 5.74) is 2.46. The van der Waals surface area contributed by atoms with Crippen molar-refractivity contribution in [3.63, 3.8) is 0 Å². The van der Waals surface area contributed by atoms with E-state index >= 15 is 0 Å². The maximum atomic E-state index is 13.7. The van der Waals surface area contributed by atoms with Gasteiger partial charge in [-0.1, -0.05) is 6.07 Å². The van der Waals surface area contributed by atoms with Crippen LogP contribution in [0.25, 0.3) is 0 Å². The molecule has 1 heterocycles. The van der Waals surface area contributed by atoms with E-state index in [0.717, 1.165) is 17.1 Å². The molecule has 3 rings (SSSR count). The van der Waals surface area contributed by atoms with Gasteiger partial charge in [-0.15, -0.1) is 0 Å². The van der Waals surface area contributed by atoms with Crippen molar-refractivity contribution in [3.8, 4) is 17.6 Å². The Bertz CT molecular complexity index is 682. The quantitative estimate of drug-likeness (QED) is 0.768. The first-order valence-corrected chi connectivity index (χ1v) is 5.83. The van der Waals surface area contributed by atoms with Crippen molar-refractivity contribution in [1.29, 1.82) is 5.26 Å².